The number of carbonyl (C=O) groups excluding carboxylic acids is 1. The molecule has 0 bridgehead atoms. The number of esters is 1. The Morgan fingerprint density at radius 3 is 2.31 bits per heavy atom. The number of thiazole rings is 1. The minimum absolute atomic E-state index is 0.0441. The molecule has 152 valence electrons. The van der Waals surface area contributed by atoms with Gasteiger partial charge in [0.2, 0.25) is 0 Å². The zero-order valence-electron chi connectivity index (χ0n) is 16.6. The molecule has 0 aliphatic carbocycles. The second kappa shape index (κ2) is 9.29. The Morgan fingerprint density at radius 2 is 1.66 bits per heavy atom. The van der Waals surface area contributed by atoms with E-state index >= 15 is 0 Å². The van der Waals surface area contributed by atoms with Gasteiger partial charge in [-0.15, -0.1) is 11.3 Å². The zero-order chi connectivity index (χ0) is 20.8. The maximum Gasteiger partial charge on any atom is 0.342 e. The van der Waals surface area contributed by atoms with Gasteiger partial charge in [0.15, 0.2) is 16.6 Å². The molecule has 0 amide bonds. The summed E-state index contributed by atoms with van der Waals surface area (Å²) >= 11 is 1.44. The minimum atomic E-state index is -0.538. The molecule has 3 aromatic rings. The Balaban J connectivity index is 1.66. The molecular weight excluding hydrogens is 392 g/mol. The number of ether oxygens (including phenoxy) is 4. The number of carbonyl (C=O) groups is 1. The number of nitrogens with zero attached hydrogens (tertiary/aromatic N) is 1. The van der Waals surface area contributed by atoms with Gasteiger partial charge in [-0.05, 0) is 19.1 Å². The van der Waals surface area contributed by atoms with Gasteiger partial charge in [-0.25, -0.2) is 9.78 Å². The molecule has 1 aromatic heterocycles. The molecule has 0 unspecified atom stereocenters. The predicted molar refractivity (Wildman–Crippen MR) is 112 cm³/mol. The molecular formula is C21H22N2O5S. The Hall–Kier alpha value is -3.26. The lowest BCUT2D eigenvalue weighted by Gasteiger charge is -2.13. The summed E-state index contributed by atoms with van der Waals surface area (Å²) in [5, 5.41) is 5.80. The third-order valence-corrected chi connectivity index (χ3v) is 4.94. The molecule has 0 aliphatic heterocycles. The van der Waals surface area contributed by atoms with E-state index in [2.05, 4.69) is 10.3 Å². The predicted octanol–water partition coefficient (Wildman–Crippen LogP) is 4.58. The quantitative estimate of drug-likeness (QED) is 0.541. The van der Waals surface area contributed by atoms with Crippen LogP contribution < -0.4 is 19.5 Å². The van der Waals surface area contributed by atoms with Gasteiger partial charge in [0.25, 0.3) is 0 Å². The van der Waals surface area contributed by atoms with E-state index < -0.39 is 5.97 Å². The van der Waals surface area contributed by atoms with Gasteiger partial charge < -0.3 is 24.3 Å². The van der Waals surface area contributed by atoms with Crippen LogP contribution in [0, 0.1) is 6.92 Å². The molecule has 7 nitrogen and oxygen atoms in total. The van der Waals surface area contributed by atoms with E-state index in [9.17, 15) is 4.79 Å². The summed E-state index contributed by atoms with van der Waals surface area (Å²) < 4.78 is 21.2. The second-order valence-electron chi connectivity index (χ2n) is 6.12. The first-order chi connectivity index (χ1) is 14.0. The lowest BCUT2D eigenvalue weighted by atomic mass is 10.1. The van der Waals surface area contributed by atoms with Crippen molar-refractivity contribution in [1.29, 1.82) is 0 Å². The van der Waals surface area contributed by atoms with Crippen LogP contribution in [0.5, 0.6) is 17.2 Å². The second-order valence-corrected chi connectivity index (χ2v) is 6.98. The van der Waals surface area contributed by atoms with Gasteiger partial charge >= 0.3 is 5.97 Å². The Labute approximate surface area is 173 Å². The Kier molecular flexibility index (Phi) is 6.56. The van der Waals surface area contributed by atoms with Gasteiger partial charge in [-0.1, -0.05) is 17.7 Å². The third kappa shape index (κ3) is 4.97. The van der Waals surface area contributed by atoms with E-state index in [0.29, 0.717) is 22.9 Å². The molecule has 1 N–H and O–H groups in total. The van der Waals surface area contributed by atoms with Crippen molar-refractivity contribution in [2.24, 2.45) is 0 Å². The lowest BCUT2D eigenvalue weighted by molar-refractivity contribution is 0.0464. The van der Waals surface area contributed by atoms with E-state index in [1.807, 2.05) is 36.6 Å². The molecule has 0 aliphatic rings. The molecule has 0 spiro atoms. The van der Waals surface area contributed by atoms with Crippen molar-refractivity contribution in [2.75, 3.05) is 26.6 Å². The molecule has 0 fully saturated rings. The molecule has 3 rings (SSSR count). The van der Waals surface area contributed by atoms with Gasteiger partial charge in [-0.3, -0.25) is 0 Å². The van der Waals surface area contributed by atoms with Crippen molar-refractivity contribution >= 4 is 28.1 Å². The number of aromatic nitrogens is 1. The van der Waals surface area contributed by atoms with Crippen LogP contribution >= 0.6 is 11.3 Å². The first-order valence-corrected chi connectivity index (χ1v) is 9.67. The van der Waals surface area contributed by atoms with Gasteiger partial charge in [-0.2, -0.15) is 0 Å². The number of hydrogen-bond donors (Lipinski definition) is 1. The van der Waals surface area contributed by atoms with E-state index in [1.54, 1.807) is 6.07 Å². The molecule has 8 heteroatoms. The van der Waals surface area contributed by atoms with Crippen molar-refractivity contribution in [3.05, 3.63) is 58.6 Å². The average molecular weight is 414 g/mol. The Morgan fingerprint density at radius 1 is 1.00 bits per heavy atom. The number of anilines is 2. The van der Waals surface area contributed by atoms with Crippen molar-refractivity contribution in [2.45, 2.75) is 13.5 Å². The van der Waals surface area contributed by atoms with E-state index in [0.717, 1.165) is 10.8 Å². The summed E-state index contributed by atoms with van der Waals surface area (Å²) in [5.74, 6) is 0.683. The maximum absolute atomic E-state index is 12.6. The SMILES string of the molecule is COc1cc(OC)c(C(=O)OCc2csc(Nc3ccc(C)cc3)n2)cc1OC. The lowest BCUT2D eigenvalue weighted by Crippen LogP contribution is -2.08. The average Bonchev–Trinajstić information content (AvgIpc) is 3.19. The van der Waals surface area contributed by atoms with Crippen molar-refractivity contribution in [1.82, 2.24) is 4.98 Å². The highest BCUT2D eigenvalue weighted by Crippen LogP contribution is 2.35. The summed E-state index contributed by atoms with van der Waals surface area (Å²) in [6.07, 6.45) is 0. The van der Waals surface area contributed by atoms with Crippen molar-refractivity contribution < 1.29 is 23.7 Å². The van der Waals surface area contributed by atoms with E-state index in [-0.39, 0.29) is 12.2 Å². The zero-order valence-corrected chi connectivity index (χ0v) is 17.5. The highest BCUT2D eigenvalue weighted by molar-refractivity contribution is 7.13. The molecule has 29 heavy (non-hydrogen) atoms. The monoisotopic (exact) mass is 414 g/mol. The topological polar surface area (TPSA) is 78.9 Å². The standard InChI is InChI=1S/C21H22N2O5S/c1-13-5-7-14(8-6-13)22-21-23-15(12-29-21)11-28-20(24)16-9-18(26-3)19(27-4)10-17(16)25-2/h5-10,12H,11H2,1-4H3,(H,22,23). The molecule has 0 saturated heterocycles. The fraction of sp³-hybridized carbons (Fsp3) is 0.238. The fourth-order valence-electron chi connectivity index (χ4n) is 2.60. The molecule has 1 heterocycles. The molecule has 0 saturated carbocycles. The van der Waals surface area contributed by atoms with Crippen LogP contribution in [0.3, 0.4) is 0 Å². The third-order valence-electron chi connectivity index (χ3n) is 4.13. The first kappa shape index (κ1) is 20.5. The Bertz CT molecular complexity index is 985. The number of aryl methyl sites for hydroxylation is 1. The van der Waals surface area contributed by atoms with Crippen molar-refractivity contribution in [3.8, 4) is 17.2 Å². The summed E-state index contributed by atoms with van der Waals surface area (Å²) in [6, 6.07) is 11.1. The van der Waals surface area contributed by atoms with Crippen LogP contribution in [0.2, 0.25) is 0 Å². The molecule has 2 aromatic carbocycles. The molecule has 0 atom stereocenters. The normalized spacial score (nSPS) is 10.3. The highest BCUT2D eigenvalue weighted by atomic mass is 32.1. The van der Waals surface area contributed by atoms with Crippen LogP contribution in [0.25, 0.3) is 0 Å². The molecule has 0 radical (unpaired) electrons. The minimum Gasteiger partial charge on any atom is -0.496 e. The maximum atomic E-state index is 12.6. The number of hydrogen-bond acceptors (Lipinski definition) is 8. The number of benzene rings is 2. The van der Waals surface area contributed by atoms with Crippen LogP contribution in [0.4, 0.5) is 10.8 Å². The smallest absolute Gasteiger partial charge is 0.342 e. The van der Waals surface area contributed by atoms with Gasteiger partial charge in [0, 0.05) is 23.2 Å². The van der Waals surface area contributed by atoms with Crippen LogP contribution in [0.1, 0.15) is 21.6 Å². The summed E-state index contributed by atoms with van der Waals surface area (Å²) in [5.41, 5.74) is 3.03. The van der Waals surface area contributed by atoms with Crippen LogP contribution in [0.15, 0.2) is 41.8 Å². The fourth-order valence-corrected chi connectivity index (χ4v) is 3.31. The number of rotatable bonds is 8. The summed E-state index contributed by atoms with van der Waals surface area (Å²) in [7, 11) is 4.48. The van der Waals surface area contributed by atoms with Gasteiger partial charge in [0.05, 0.1) is 27.0 Å². The van der Waals surface area contributed by atoms with Crippen LogP contribution in [-0.2, 0) is 11.3 Å². The van der Waals surface area contributed by atoms with Gasteiger partial charge in [0.1, 0.15) is 17.9 Å². The van der Waals surface area contributed by atoms with Crippen LogP contribution in [-0.4, -0.2) is 32.3 Å². The number of nitrogens with one attached hydrogen (secondary N) is 1. The largest absolute Gasteiger partial charge is 0.496 e. The van der Waals surface area contributed by atoms with Crippen molar-refractivity contribution in [3.63, 3.8) is 0 Å². The first-order valence-electron chi connectivity index (χ1n) is 8.79. The van der Waals surface area contributed by atoms with E-state index in [1.165, 1.54) is 44.3 Å². The van der Waals surface area contributed by atoms with E-state index in [4.69, 9.17) is 18.9 Å². The highest BCUT2D eigenvalue weighted by Gasteiger charge is 2.19. The summed E-state index contributed by atoms with van der Waals surface area (Å²) in [6.45, 7) is 2.08. The summed E-state index contributed by atoms with van der Waals surface area (Å²) in [4.78, 5) is 17.0. The number of methoxy groups -OCH3 is 3.